The second-order valence-electron chi connectivity index (χ2n) is 5.85. The van der Waals surface area contributed by atoms with Crippen LogP contribution in [0.2, 0.25) is 0 Å². The SMILES string of the molecule is CCCN(CC(=O)O)CC(=O)Nc1c(C)cccc1C(C)C. The number of hydrogen-bond acceptors (Lipinski definition) is 3. The summed E-state index contributed by atoms with van der Waals surface area (Å²) in [5.74, 6) is -0.785. The van der Waals surface area contributed by atoms with E-state index in [0.29, 0.717) is 12.5 Å². The van der Waals surface area contributed by atoms with Gasteiger partial charge in [-0.05, 0) is 36.9 Å². The first-order valence-corrected chi connectivity index (χ1v) is 7.68. The summed E-state index contributed by atoms with van der Waals surface area (Å²) in [5, 5.41) is 11.8. The summed E-state index contributed by atoms with van der Waals surface area (Å²) in [6.07, 6.45) is 0.808. The molecule has 1 aromatic carbocycles. The smallest absolute Gasteiger partial charge is 0.317 e. The lowest BCUT2D eigenvalue weighted by molar-refractivity contribution is -0.138. The lowest BCUT2D eigenvalue weighted by Gasteiger charge is -2.21. The summed E-state index contributed by atoms with van der Waals surface area (Å²) in [6.45, 7) is 8.65. The molecule has 2 N–H and O–H groups in total. The van der Waals surface area contributed by atoms with Crippen molar-refractivity contribution >= 4 is 17.6 Å². The number of carbonyl (C=O) groups is 2. The number of anilines is 1. The van der Waals surface area contributed by atoms with E-state index in [0.717, 1.165) is 23.2 Å². The van der Waals surface area contributed by atoms with Crippen LogP contribution in [0.5, 0.6) is 0 Å². The summed E-state index contributed by atoms with van der Waals surface area (Å²) < 4.78 is 0. The van der Waals surface area contributed by atoms with Gasteiger partial charge >= 0.3 is 5.97 Å². The summed E-state index contributed by atoms with van der Waals surface area (Å²) >= 11 is 0. The number of rotatable bonds is 8. The Bertz CT molecular complexity index is 527. The number of nitrogens with zero attached hydrogens (tertiary/aromatic N) is 1. The third-order valence-corrected chi connectivity index (χ3v) is 3.46. The lowest BCUT2D eigenvalue weighted by Crippen LogP contribution is -2.37. The minimum absolute atomic E-state index is 0.0893. The fourth-order valence-corrected chi connectivity index (χ4v) is 2.45. The van der Waals surface area contributed by atoms with Crippen molar-refractivity contribution in [2.75, 3.05) is 25.0 Å². The number of hydrogen-bond donors (Lipinski definition) is 2. The van der Waals surface area contributed by atoms with Crippen LogP contribution < -0.4 is 5.32 Å². The maximum atomic E-state index is 12.3. The van der Waals surface area contributed by atoms with E-state index in [-0.39, 0.29) is 19.0 Å². The molecule has 5 heteroatoms. The van der Waals surface area contributed by atoms with E-state index in [1.54, 1.807) is 4.90 Å². The maximum Gasteiger partial charge on any atom is 0.317 e. The van der Waals surface area contributed by atoms with E-state index in [4.69, 9.17) is 5.11 Å². The van der Waals surface area contributed by atoms with Crippen molar-refractivity contribution in [1.82, 2.24) is 4.90 Å². The molecule has 0 aliphatic heterocycles. The average Bonchev–Trinajstić information content (AvgIpc) is 2.40. The quantitative estimate of drug-likeness (QED) is 0.775. The number of para-hydroxylation sites is 1. The zero-order valence-corrected chi connectivity index (χ0v) is 13.8. The molecule has 0 fully saturated rings. The Morgan fingerprint density at radius 2 is 1.95 bits per heavy atom. The van der Waals surface area contributed by atoms with Gasteiger partial charge in [0.1, 0.15) is 0 Å². The van der Waals surface area contributed by atoms with Crippen LogP contribution in [0.4, 0.5) is 5.69 Å². The summed E-state index contributed by atoms with van der Waals surface area (Å²) in [4.78, 5) is 24.8. The highest BCUT2D eigenvalue weighted by atomic mass is 16.4. The molecule has 22 heavy (non-hydrogen) atoms. The van der Waals surface area contributed by atoms with Gasteiger partial charge in [0.05, 0.1) is 13.1 Å². The largest absolute Gasteiger partial charge is 0.480 e. The Morgan fingerprint density at radius 3 is 2.50 bits per heavy atom. The van der Waals surface area contributed by atoms with Gasteiger partial charge in [-0.25, -0.2) is 0 Å². The van der Waals surface area contributed by atoms with Crippen LogP contribution >= 0.6 is 0 Å². The van der Waals surface area contributed by atoms with Crippen molar-refractivity contribution in [3.63, 3.8) is 0 Å². The second-order valence-corrected chi connectivity index (χ2v) is 5.85. The van der Waals surface area contributed by atoms with Gasteiger partial charge in [-0.2, -0.15) is 0 Å². The topological polar surface area (TPSA) is 69.6 Å². The standard InChI is InChI=1S/C17H26N2O3/c1-5-9-19(11-16(21)22)10-15(20)18-17-13(4)7-6-8-14(17)12(2)3/h6-8,12H,5,9-11H2,1-4H3,(H,18,20)(H,21,22). The van der Waals surface area contributed by atoms with Gasteiger partial charge in [-0.15, -0.1) is 0 Å². The third-order valence-electron chi connectivity index (χ3n) is 3.46. The van der Waals surface area contributed by atoms with Gasteiger partial charge < -0.3 is 10.4 Å². The molecule has 0 radical (unpaired) electrons. The Balaban J connectivity index is 2.81. The van der Waals surface area contributed by atoms with Gasteiger partial charge in [0, 0.05) is 5.69 Å². The highest BCUT2D eigenvalue weighted by Gasteiger charge is 2.16. The molecule has 5 nitrogen and oxygen atoms in total. The van der Waals surface area contributed by atoms with Gasteiger partial charge in [0.15, 0.2) is 0 Å². The molecule has 0 spiro atoms. The number of carboxylic acid groups (broad SMARTS) is 1. The van der Waals surface area contributed by atoms with E-state index in [1.165, 1.54) is 0 Å². The van der Waals surface area contributed by atoms with Crippen molar-refractivity contribution in [2.24, 2.45) is 0 Å². The number of amides is 1. The predicted molar refractivity (Wildman–Crippen MR) is 88.3 cm³/mol. The van der Waals surface area contributed by atoms with Crippen molar-refractivity contribution in [3.8, 4) is 0 Å². The first kappa shape index (κ1) is 18.2. The van der Waals surface area contributed by atoms with Crippen LogP contribution in [0.15, 0.2) is 18.2 Å². The van der Waals surface area contributed by atoms with Crippen LogP contribution in [-0.2, 0) is 9.59 Å². The molecule has 0 heterocycles. The number of aliphatic carboxylic acids is 1. The van der Waals surface area contributed by atoms with E-state index in [2.05, 4.69) is 19.2 Å². The Labute approximate surface area is 132 Å². The highest BCUT2D eigenvalue weighted by molar-refractivity contribution is 5.94. The van der Waals surface area contributed by atoms with Crippen LogP contribution in [-0.4, -0.2) is 41.5 Å². The minimum Gasteiger partial charge on any atom is -0.480 e. The molecule has 1 rings (SSSR count). The van der Waals surface area contributed by atoms with E-state index in [1.807, 2.05) is 32.0 Å². The zero-order chi connectivity index (χ0) is 16.7. The molecule has 1 aromatic rings. The van der Waals surface area contributed by atoms with Crippen molar-refractivity contribution in [2.45, 2.75) is 40.0 Å². The number of carboxylic acids is 1. The van der Waals surface area contributed by atoms with E-state index < -0.39 is 5.97 Å². The van der Waals surface area contributed by atoms with E-state index >= 15 is 0 Å². The Morgan fingerprint density at radius 1 is 1.27 bits per heavy atom. The molecule has 0 unspecified atom stereocenters. The maximum absolute atomic E-state index is 12.3. The molecule has 0 bridgehead atoms. The third kappa shape index (κ3) is 5.48. The molecule has 1 amide bonds. The van der Waals surface area contributed by atoms with Gasteiger partial charge in [0.2, 0.25) is 5.91 Å². The zero-order valence-electron chi connectivity index (χ0n) is 13.8. The van der Waals surface area contributed by atoms with Crippen LogP contribution in [0.25, 0.3) is 0 Å². The first-order chi connectivity index (χ1) is 10.3. The number of nitrogens with one attached hydrogen (secondary N) is 1. The molecule has 0 aromatic heterocycles. The molecule has 0 aliphatic carbocycles. The Kier molecular flexibility index (Phi) is 7.05. The first-order valence-electron chi connectivity index (χ1n) is 7.68. The molecular weight excluding hydrogens is 280 g/mol. The Hall–Kier alpha value is -1.88. The van der Waals surface area contributed by atoms with Crippen LogP contribution in [0.3, 0.4) is 0 Å². The summed E-state index contributed by atoms with van der Waals surface area (Å²) in [6, 6.07) is 5.95. The molecule has 0 saturated carbocycles. The summed E-state index contributed by atoms with van der Waals surface area (Å²) in [7, 11) is 0. The molecule has 0 aliphatic rings. The van der Waals surface area contributed by atoms with Crippen LogP contribution in [0, 0.1) is 6.92 Å². The predicted octanol–water partition coefficient (Wildman–Crippen LogP) is 2.85. The van der Waals surface area contributed by atoms with Crippen molar-refractivity contribution < 1.29 is 14.7 Å². The normalized spacial score (nSPS) is 11.0. The van der Waals surface area contributed by atoms with Gasteiger partial charge in [0.25, 0.3) is 0 Å². The van der Waals surface area contributed by atoms with E-state index in [9.17, 15) is 9.59 Å². The van der Waals surface area contributed by atoms with Gasteiger partial charge in [-0.3, -0.25) is 14.5 Å². The molecule has 0 saturated heterocycles. The van der Waals surface area contributed by atoms with Crippen LogP contribution in [0.1, 0.15) is 44.2 Å². The van der Waals surface area contributed by atoms with Gasteiger partial charge in [-0.1, -0.05) is 39.0 Å². The second kappa shape index (κ2) is 8.54. The molecule has 122 valence electrons. The minimum atomic E-state index is -0.917. The monoisotopic (exact) mass is 306 g/mol. The van der Waals surface area contributed by atoms with Crippen molar-refractivity contribution in [3.05, 3.63) is 29.3 Å². The molecular formula is C17H26N2O3. The number of aryl methyl sites for hydroxylation is 1. The number of carbonyl (C=O) groups excluding carboxylic acids is 1. The highest BCUT2D eigenvalue weighted by Crippen LogP contribution is 2.27. The van der Waals surface area contributed by atoms with Crippen molar-refractivity contribution in [1.29, 1.82) is 0 Å². The molecule has 0 atom stereocenters. The summed E-state index contributed by atoms with van der Waals surface area (Å²) in [5.41, 5.74) is 2.95. The number of benzene rings is 1. The fraction of sp³-hybridized carbons (Fsp3) is 0.529. The lowest BCUT2D eigenvalue weighted by atomic mass is 9.98. The average molecular weight is 306 g/mol. The fourth-order valence-electron chi connectivity index (χ4n) is 2.45.